The second-order valence-electron chi connectivity index (χ2n) is 8.77. The number of carbonyl (C=O) groups is 1. The van der Waals surface area contributed by atoms with E-state index in [1.807, 2.05) is 36.4 Å². The molecular weight excluding hydrogens is 378 g/mol. The van der Waals surface area contributed by atoms with Gasteiger partial charge in [0.25, 0.3) is 0 Å². The molecule has 2 aliphatic rings. The van der Waals surface area contributed by atoms with Crippen molar-refractivity contribution in [3.63, 3.8) is 0 Å². The number of carbonyl (C=O) groups excluding carboxylic acids is 1. The fourth-order valence-electron chi connectivity index (χ4n) is 4.59. The van der Waals surface area contributed by atoms with Crippen molar-refractivity contribution >= 4 is 11.8 Å². The van der Waals surface area contributed by atoms with Gasteiger partial charge in [0.15, 0.2) is 0 Å². The highest BCUT2D eigenvalue weighted by molar-refractivity contribution is 5.72. The first-order valence-corrected chi connectivity index (χ1v) is 10.8. The third-order valence-corrected chi connectivity index (χ3v) is 6.16. The summed E-state index contributed by atoms with van der Waals surface area (Å²) in [7, 11) is 0. The van der Waals surface area contributed by atoms with Crippen LogP contribution in [-0.4, -0.2) is 48.3 Å². The number of fused-ring (bicyclic) bond motifs is 1. The van der Waals surface area contributed by atoms with Crippen LogP contribution in [0.5, 0.6) is 5.75 Å². The Balaban J connectivity index is 1.50. The van der Waals surface area contributed by atoms with E-state index in [9.17, 15) is 4.79 Å². The molecule has 0 N–H and O–H groups in total. The monoisotopic (exact) mass is 409 g/mol. The molecule has 1 aromatic heterocycles. The van der Waals surface area contributed by atoms with Crippen molar-refractivity contribution in [1.82, 2.24) is 9.88 Å². The van der Waals surface area contributed by atoms with E-state index in [4.69, 9.17) is 9.47 Å². The van der Waals surface area contributed by atoms with Crippen LogP contribution >= 0.6 is 0 Å². The first-order valence-electron chi connectivity index (χ1n) is 10.8. The summed E-state index contributed by atoms with van der Waals surface area (Å²) >= 11 is 0. The number of ether oxygens (including phenoxy) is 2. The number of amides is 1. The minimum absolute atomic E-state index is 0.0179. The molecule has 2 aliphatic heterocycles. The lowest BCUT2D eigenvalue weighted by Gasteiger charge is -2.32. The number of anilines is 1. The van der Waals surface area contributed by atoms with E-state index in [1.54, 1.807) is 0 Å². The summed E-state index contributed by atoms with van der Waals surface area (Å²) < 4.78 is 11.2. The zero-order valence-corrected chi connectivity index (χ0v) is 18.1. The maximum absolute atomic E-state index is 12.9. The van der Waals surface area contributed by atoms with Crippen molar-refractivity contribution in [3.05, 3.63) is 53.9 Å². The van der Waals surface area contributed by atoms with E-state index in [1.165, 1.54) is 16.8 Å². The number of hydrogen-bond donors (Lipinski definition) is 0. The standard InChI is InChI=1S/C24H31N3O3/c1-4-27(19-9-13-29-14-10-19)23(28)30-20-5-6-22-21(15-20)24(2,3)17-26(22)16-18-7-11-25-12-8-18/h5-8,11-12,15,19H,4,9-10,13-14,16-17H2,1-3H3. The van der Waals surface area contributed by atoms with Crippen LogP contribution in [-0.2, 0) is 16.7 Å². The predicted octanol–water partition coefficient (Wildman–Crippen LogP) is 4.38. The summed E-state index contributed by atoms with van der Waals surface area (Å²) in [6.07, 6.45) is 5.12. The topological polar surface area (TPSA) is 54.9 Å². The fraction of sp³-hybridized carbons (Fsp3) is 0.500. The lowest BCUT2D eigenvalue weighted by atomic mass is 9.87. The van der Waals surface area contributed by atoms with Crippen molar-refractivity contribution in [2.45, 2.75) is 51.6 Å². The first-order chi connectivity index (χ1) is 14.5. The molecule has 1 aromatic carbocycles. The van der Waals surface area contributed by atoms with Gasteiger partial charge in [-0.2, -0.15) is 0 Å². The quantitative estimate of drug-likeness (QED) is 0.734. The van der Waals surface area contributed by atoms with Gasteiger partial charge in [0.05, 0.1) is 0 Å². The highest BCUT2D eigenvalue weighted by atomic mass is 16.6. The van der Waals surface area contributed by atoms with Gasteiger partial charge in [-0.1, -0.05) is 13.8 Å². The van der Waals surface area contributed by atoms with E-state index in [0.717, 1.165) is 25.9 Å². The van der Waals surface area contributed by atoms with Crippen molar-refractivity contribution in [2.24, 2.45) is 0 Å². The van der Waals surface area contributed by atoms with Gasteiger partial charge in [0.1, 0.15) is 5.75 Å². The van der Waals surface area contributed by atoms with Crippen molar-refractivity contribution in [1.29, 1.82) is 0 Å². The summed E-state index contributed by atoms with van der Waals surface area (Å²) in [6.45, 7) is 10.3. The predicted molar refractivity (Wildman–Crippen MR) is 117 cm³/mol. The molecule has 1 saturated heterocycles. The lowest BCUT2D eigenvalue weighted by molar-refractivity contribution is 0.0392. The van der Waals surface area contributed by atoms with Crippen LogP contribution < -0.4 is 9.64 Å². The fourth-order valence-corrected chi connectivity index (χ4v) is 4.59. The Hall–Kier alpha value is -2.60. The SMILES string of the molecule is CCN(C(=O)Oc1ccc2c(c1)C(C)(C)CN2Cc1ccncc1)C1CCOCC1. The number of aromatic nitrogens is 1. The molecule has 1 amide bonds. The van der Waals surface area contributed by atoms with Gasteiger partial charge < -0.3 is 19.3 Å². The third-order valence-electron chi connectivity index (χ3n) is 6.16. The molecule has 4 rings (SSSR count). The van der Waals surface area contributed by atoms with E-state index < -0.39 is 0 Å². The molecule has 3 heterocycles. The van der Waals surface area contributed by atoms with Gasteiger partial charge >= 0.3 is 6.09 Å². The van der Waals surface area contributed by atoms with Crippen molar-refractivity contribution in [2.75, 3.05) is 31.2 Å². The Labute approximate surface area is 178 Å². The smallest absolute Gasteiger partial charge is 0.410 e. The Bertz CT molecular complexity index is 879. The zero-order chi connectivity index (χ0) is 21.1. The Morgan fingerprint density at radius 3 is 2.67 bits per heavy atom. The molecule has 0 aliphatic carbocycles. The average Bonchev–Trinajstić information content (AvgIpc) is 2.99. The maximum atomic E-state index is 12.9. The average molecular weight is 410 g/mol. The largest absolute Gasteiger partial charge is 0.415 e. The summed E-state index contributed by atoms with van der Waals surface area (Å²) in [5.41, 5.74) is 3.64. The van der Waals surface area contributed by atoms with Crippen molar-refractivity contribution < 1.29 is 14.3 Å². The highest BCUT2D eigenvalue weighted by Gasteiger charge is 2.35. The molecule has 0 spiro atoms. The number of rotatable bonds is 5. The summed E-state index contributed by atoms with van der Waals surface area (Å²) in [6, 6.07) is 10.3. The van der Waals surface area contributed by atoms with Crippen LogP contribution in [0, 0.1) is 0 Å². The van der Waals surface area contributed by atoms with Crippen LogP contribution in [0.2, 0.25) is 0 Å². The van der Waals surface area contributed by atoms with E-state index >= 15 is 0 Å². The van der Waals surface area contributed by atoms with Gasteiger partial charge in [-0.3, -0.25) is 4.98 Å². The molecule has 0 unspecified atom stereocenters. The maximum Gasteiger partial charge on any atom is 0.415 e. The molecule has 0 radical (unpaired) electrons. The van der Waals surface area contributed by atoms with Gasteiger partial charge in [-0.05, 0) is 61.2 Å². The summed E-state index contributed by atoms with van der Waals surface area (Å²) in [4.78, 5) is 21.2. The molecule has 0 atom stereocenters. The highest BCUT2D eigenvalue weighted by Crippen LogP contribution is 2.43. The molecule has 6 heteroatoms. The van der Waals surface area contributed by atoms with Crippen LogP contribution in [0.25, 0.3) is 0 Å². The number of nitrogens with zero attached hydrogens (tertiary/aromatic N) is 3. The summed E-state index contributed by atoms with van der Waals surface area (Å²) in [5, 5.41) is 0. The van der Waals surface area contributed by atoms with Crippen molar-refractivity contribution in [3.8, 4) is 5.75 Å². The third kappa shape index (κ3) is 4.29. The normalized spacial score (nSPS) is 18.2. The molecule has 1 fully saturated rings. The van der Waals surface area contributed by atoms with Crippen LogP contribution in [0.4, 0.5) is 10.5 Å². The van der Waals surface area contributed by atoms with Crippen LogP contribution in [0.15, 0.2) is 42.7 Å². The van der Waals surface area contributed by atoms with Gasteiger partial charge in [-0.25, -0.2) is 4.79 Å². The van der Waals surface area contributed by atoms with E-state index in [0.29, 0.717) is 25.5 Å². The van der Waals surface area contributed by atoms with Crippen LogP contribution in [0.3, 0.4) is 0 Å². The number of pyridine rings is 1. The van der Waals surface area contributed by atoms with Gasteiger partial charge in [0, 0.05) is 62.4 Å². The molecule has 2 aromatic rings. The molecule has 0 bridgehead atoms. The Kier molecular flexibility index (Phi) is 5.95. The number of hydrogen-bond acceptors (Lipinski definition) is 5. The first kappa shape index (κ1) is 20.7. The van der Waals surface area contributed by atoms with Gasteiger partial charge in [-0.15, -0.1) is 0 Å². The molecule has 30 heavy (non-hydrogen) atoms. The van der Waals surface area contributed by atoms with E-state index in [-0.39, 0.29) is 17.6 Å². The van der Waals surface area contributed by atoms with Crippen LogP contribution in [0.1, 0.15) is 44.7 Å². The summed E-state index contributed by atoms with van der Waals surface area (Å²) in [5.74, 6) is 0.614. The minimum Gasteiger partial charge on any atom is -0.410 e. The zero-order valence-electron chi connectivity index (χ0n) is 18.1. The Morgan fingerprint density at radius 1 is 1.23 bits per heavy atom. The second kappa shape index (κ2) is 8.64. The number of benzene rings is 1. The second-order valence-corrected chi connectivity index (χ2v) is 8.77. The van der Waals surface area contributed by atoms with E-state index in [2.05, 4.69) is 41.9 Å². The lowest BCUT2D eigenvalue weighted by Crippen LogP contribution is -2.44. The van der Waals surface area contributed by atoms with Gasteiger partial charge in [0.2, 0.25) is 0 Å². The molecule has 6 nitrogen and oxygen atoms in total. The molecule has 0 saturated carbocycles. The molecular formula is C24H31N3O3. The Morgan fingerprint density at radius 2 is 1.97 bits per heavy atom. The minimum atomic E-state index is -0.270. The molecule has 160 valence electrons.